The van der Waals surface area contributed by atoms with Crippen LogP contribution < -0.4 is 5.32 Å². The first-order valence-corrected chi connectivity index (χ1v) is 15.1. The minimum Gasteiger partial charge on any atom is -0.390 e. The van der Waals surface area contributed by atoms with Gasteiger partial charge in [0.1, 0.15) is 0 Å². The highest BCUT2D eigenvalue weighted by Gasteiger charge is 2.30. The number of nitrogens with one attached hydrogen (secondary N) is 1. The van der Waals surface area contributed by atoms with Crippen molar-refractivity contribution >= 4 is 25.5 Å². The van der Waals surface area contributed by atoms with Gasteiger partial charge in [-0.2, -0.15) is 0 Å². The normalized spacial score (nSPS) is 12.8. The Morgan fingerprint density at radius 3 is 2.15 bits per heavy atom. The van der Waals surface area contributed by atoms with Gasteiger partial charge in [0.2, 0.25) is 5.91 Å². The molecule has 0 aliphatic rings. The summed E-state index contributed by atoms with van der Waals surface area (Å²) in [6.45, 7) is 8.05. The number of fused-ring (bicyclic) bond motifs is 1. The van der Waals surface area contributed by atoms with Crippen LogP contribution >= 0.6 is 0 Å². The Bertz CT molecular complexity index is 899. The lowest BCUT2D eigenvalue weighted by Gasteiger charge is -2.21. The molecule has 0 aliphatic carbocycles. The molecule has 5 nitrogen and oxygen atoms in total. The second-order valence-corrected chi connectivity index (χ2v) is 11.9. The fourth-order valence-corrected chi connectivity index (χ4v) is 5.99. The molecule has 6 heteroatoms. The van der Waals surface area contributed by atoms with Crippen LogP contribution in [0.2, 0.25) is 6.04 Å². The highest BCUT2D eigenvalue weighted by atomic mass is 28.4. The maximum atomic E-state index is 11.9. The number of rotatable bonds is 16. The second-order valence-electron chi connectivity index (χ2n) is 9.65. The molecule has 0 heterocycles. The molecule has 0 aromatic heterocycles. The molecule has 0 aliphatic heterocycles. The van der Waals surface area contributed by atoms with E-state index < -0.39 is 8.80 Å². The molecule has 1 amide bonds. The predicted molar refractivity (Wildman–Crippen MR) is 143 cm³/mol. The van der Waals surface area contributed by atoms with E-state index >= 15 is 0 Å². The summed E-state index contributed by atoms with van der Waals surface area (Å²) in [7, 11) is -3.39. The maximum Gasteiger partial charge on any atom is 0.495 e. The number of benzene rings is 2. The van der Waals surface area contributed by atoms with Crippen LogP contribution in [0, 0.1) is 13.8 Å². The SMILES string of the molecule is CCO[Si](O)(O)CCCCCCCCCCC[C@@H](NC(C)=O)c1cccc2cc(C)c(C)cc12. The molecule has 2 aromatic carbocycles. The van der Waals surface area contributed by atoms with Gasteiger partial charge < -0.3 is 19.3 Å². The van der Waals surface area contributed by atoms with Gasteiger partial charge >= 0.3 is 8.80 Å². The van der Waals surface area contributed by atoms with Crippen molar-refractivity contribution in [3.8, 4) is 0 Å². The molecule has 0 saturated heterocycles. The van der Waals surface area contributed by atoms with Crippen molar-refractivity contribution in [3.63, 3.8) is 0 Å². The third-order valence-electron chi connectivity index (χ3n) is 6.65. The molecular formula is C28H45NO4Si. The van der Waals surface area contributed by atoms with Crippen LogP contribution in [-0.4, -0.2) is 30.9 Å². The zero-order chi connectivity index (χ0) is 25.0. The topological polar surface area (TPSA) is 78.8 Å². The van der Waals surface area contributed by atoms with E-state index in [1.54, 1.807) is 13.8 Å². The largest absolute Gasteiger partial charge is 0.495 e. The molecule has 1 atom stereocenters. The summed E-state index contributed by atoms with van der Waals surface area (Å²) in [5.41, 5.74) is 3.80. The van der Waals surface area contributed by atoms with E-state index in [-0.39, 0.29) is 11.9 Å². The van der Waals surface area contributed by atoms with Crippen molar-refractivity contribution in [1.82, 2.24) is 5.32 Å². The number of hydrogen-bond donors (Lipinski definition) is 3. The summed E-state index contributed by atoms with van der Waals surface area (Å²) in [4.78, 5) is 31.4. The first-order chi connectivity index (χ1) is 16.2. The van der Waals surface area contributed by atoms with Crippen LogP contribution in [-0.2, 0) is 9.22 Å². The van der Waals surface area contributed by atoms with E-state index in [4.69, 9.17) is 4.43 Å². The standard InChI is InChI=1S/C28H45NO4Si/c1-5-33-34(31,32)19-14-12-10-8-6-7-9-11-13-18-28(29-24(4)30)26-17-15-16-25-20-22(2)23(3)21-27(25)26/h15-17,20-21,28,31-32H,5-14,18-19H2,1-4H3,(H,29,30)/t28-/m1/s1. The maximum absolute atomic E-state index is 11.9. The van der Waals surface area contributed by atoms with Gasteiger partial charge in [-0.1, -0.05) is 81.7 Å². The fraction of sp³-hybridized carbons (Fsp3) is 0.607. The quantitative estimate of drug-likeness (QED) is 0.187. The number of hydrogen-bond acceptors (Lipinski definition) is 4. The summed E-state index contributed by atoms with van der Waals surface area (Å²) in [6, 6.07) is 11.4. The van der Waals surface area contributed by atoms with E-state index in [1.165, 1.54) is 59.6 Å². The Kier molecular flexibility index (Phi) is 12.3. The molecule has 0 unspecified atom stereocenters. The monoisotopic (exact) mass is 487 g/mol. The minimum atomic E-state index is -3.39. The number of aryl methyl sites for hydroxylation is 2. The van der Waals surface area contributed by atoms with Gasteiger partial charge in [0.25, 0.3) is 0 Å². The average molecular weight is 488 g/mol. The zero-order valence-corrected chi connectivity index (χ0v) is 22.7. The Morgan fingerprint density at radius 1 is 0.941 bits per heavy atom. The number of amides is 1. The third kappa shape index (κ3) is 9.86. The molecule has 190 valence electrons. The van der Waals surface area contributed by atoms with Gasteiger partial charge in [-0.3, -0.25) is 4.79 Å². The Balaban J connectivity index is 1.72. The van der Waals surface area contributed by atoms with Gasteiger partial charge in [0.15, 0.2) is 0 Å². The lowest BCUT2D eigenvalue weighted by atomic mass is 9.92. The molecule has 3 N–H and O–H groups in total. The van der Waals surface area contributed by atoms with Crippen LogP contribution in [0.25, 0.3) is 10.8 Å². The zero-order valence-electron chi connectivity index (χ0n) is 21.7. The Morgan fingerprint density at radius 2 is 1.53 bits per heavy atom. The van der Waals surface area contributed by atoms with Crippen LogP contribution in [0.5, 0.6) is 0 Å². The molecule has 2 rings (SSSR count). The smallest absolute Gasteiger partial charge is 0.390 e. The van der Waals surface area contributed by atoms with Crippen molar-refractivity contribution in [3.05, 3.63) is 47.0 Å². The molecule has 0 saturated carbocycles. The fourth-order valence-electron chi connectivity index (χ4n) is 4.67. The summed E-state index contributed by atoms with van der Waals surface area (Å²) in [5, 5.41) is 5.67. The van der Waals surface area contributed by atoms with E-state index in [9.17, 15) is 14.4 Å². The molecule has 0 fully saturated rings. The molecular weight excluding hydrogens is 442 g/mol. The number of carbonyl (C=O) groups excluding carboxylic acids is 1. The average Bonchev–Trinajstić information content (AvgIpc) is 2.76. The summed E-state index contributed by atoms with van der Waals surface area (Å²) >= 11 is 0. The van der Waals surface area contributed by atoms with Gasteiger partial charge in [-0.05, 0) is 61.1 Å². The van der Waals surface area contributed by atoms with Crippen molar-refractivity contribution in [2.75, 3.05) is 6.61 Å². The first-order valence-electron chi connectivity index (χ1n) is 13.1. The van der Waals surface area contributed by atoms with Gasteiger partial charge in [0.05, 0.1) is 6.04 Å². The summed E-state index contributed by atoms with van der Waals surface area (Å²) in [5.74, 6) is 0.0226. The van der Waals surface area contributed by atoms with E-state index in [0.29, 0.717) is 12.7 Å². The van der Waals surface area contributed by atoms with E-state index in [0.717, 1.165) is 32.1 Å². The highest BCUT2D eigenvalue weighted by molar-refractivity contribution is 6.57. The van der Waals surface area contributed by atoms with E-state index in [2.05, 4.69) is 49.5 Å². The lowest BCUT2D eigenvalue weighted by molar-refractivity contribution is -0.119. The summed E-state index contributed by atoms with van der Waals surface area (Å²) in [6.07, 6.45) is 11.1. The first kappa shape index (κ1) is 28.5. The Hall–Kier alpha value is -1.73. The third-order valence-corrected chi connectivity index (χ3v) is 8.41. The van der Waals surface area contributed by atoms with Crippen molar-refractivity contribution in [2.24, 2.45) is 0 Å². The lowest BCUT2D eigenvalue weighted by Crippen LogP contribution is -2.38. The molecule has 34 heavy (non-hydrogen) atoms. The molecule has 0 bridgehead atoms. The molecule has 2 aromatic rings. The Labute approximate surface area is 207 Å². The highest BCUT2D eigenvalue weighted by Crippen LogP contribution is 2.30. The van der Waals surface area contributed by atoms with Crippen LogP contribution in [0.3, 0.4) is 0 Å². The van der Waals surface area contributed by atoms with Gasteiger partial charge in [-0.15, -0.1) is 0 Å². The van der Waals surface area contributed by atoms with Gasteiger partial charge in [0, 0.05) is 19.6 Å². The van der Waals surface area contributed by atoms with E-state index in [1.807, 2.05) is 0 Å². The molecule has 0 spiro atoms. The van der Waals surface area contributed by atoms with Crippen LogP contribution in [0.4, 0.5) is 0 Å². The predicted octanol–water partition coefficient (Wildman–Crippen LogP) is 6.49. The van der Waals surface area contributed by atoms with Crippen LogP contribution in [0.1, 0.15) is 101 Å². The number of carbonyl (C=O) groups is 1. The van der Waals surface area contributed by atoms with Crippen molar-refractivity contribution in [1.29, 1.82) is 0 Å². The van der Waals surface area contributed by atoms with Crippen LogP contribution in [0.15, 0.2) is 30.3 Å². The number of unbranched alkanes of at least 4 members (excludes halogenated alkanes) is 8. The second kappa shape index (κ2) is 14.6. The van der Waals surface area contributed by atoms with Crippen molar-refractivity contribution < 1.29 is 18.8 Å². The summed E-state index contributed by atoms with van der Waals surface area (Å²) < 4.78 is 5.04. The minimum absolute atomic E-state index is 0.0226. The van der Waals surface area contributed by atoms with Gasteiger partial charge in [-0.25, -0.2) is 0 Å². The van der Waals surface area contributed by atoms with Crippen molar-refractivity contribution in [2.45, 2.75) is 104 Å². The molecule has 0 radical (unpaired) electrons.